The molecule has 0 saturated heterocycles. The highest BCUT2D eigenvalue weighted by Crippen LogP contribution is 2.26. The molecule has 0 spiro atoms. The second kappa shape index (κ2) is 5.77. The van der Waals surface area contributed by atoms with Crippen LogP contribution in [0.1, 0.15) is 20.8 Å². The van der Waals surface area contributed by atoms with Crippen molar-refractivity contribution in [2.45, 2.75) is 20.8 Å². The molecule has 0 atom stereocenters. The summed E-state index contributed by atoms with van der Waals surface area (Å²) >= 11 is 0. The molecule has 0 aliphatic heterocycles. The van der Waals surface area contributed by atoms with Gasteiger partial charge in [0.25, 0.3) is 0 Å². The van der Waals surface area contributed by atoms with Crippen LogP contribution >= 0.6 is 0 Å². The summed E-state index contributed by atoms with van der Waals surface area (Å²) in [5.41, 5.74) is 2.30. The standard InChI is InChI=1S/C10H13O.BF4/c1-7-4-8(2)10(6-11)9(3)5-7;2-1(3,4)5/h4-6,10H,1-3H3;/q+1;-1. The summed E-state index contributed by atoms with van der Waals surface area (Å²) in [7, 11) is -6.00. The van der Waals surface area contributed by atoms with Crippen LogP contribution in [0.15, 0.2) is 23.3 Å². The Morgan fingerprint density at radius 3 is 1.75 bits per heavy atom. The number of rotatable bonds is 1. The van der Waals surface area contributed by atoms with E-state index in [1.165, 1.54) is 5.92 Å². The lowest BCUT2D eigenvalue weighted by Gasteiger charge is -2.10. The molecule has 1 nitrogen and oxygen atoms in total. The lowest BCUT2D eigenvalue weighted by Crippen LogP contribution is -2.10. The Labute approximate surface area is 92.3 Å². The average Bonchev–Trinajstić information content (AvgIpc) is 1.99. The zero-order valence-corrected chi connectivity index (χ0v) is 9.31. The van der Waals surface area contributed by atoms with Gasteiger partial charge in [-0.15, -0.1) is 0 Å². The minimum atomic E-state index is -6.00. The van der Waals surface area contributed by atoms with Crippen LogP contribution in [-0.2, 0) is 4.79 Å². The van der Waals surface area contributed by atoms with Crippen LogP contribution in [-0.4, -0.2) is 13.5 Å². The van der Waals surface area contributed by atoms with Gasteiger partial charge in [-0.2, -0.15) is 0 Å². The van der Waals surface area contributed by atoms with Gasteiger partial charge in [-0.3, -0.25) is 4.79 Å². The predicted molar refractivity (Wildman–Crippen MR) is 56.2 cm³/mol. The SMILES string of the molecule is CC1=C[C+](C)C=C(C)C1C=O.F[B-](F)(F)F. The number of hydrogen-bond donors (Lipinski definition) is 0. The van der Waals surface area contributed by atoms with Gasteiger partial charge in [-0.1, -0.05) is 0 Å². The van der Waals surface area contributed by atoms with Gasteiger partial charge in [0.15, 0.2) is 6.29 Å². The molecule has 6 heteroatoms. The minimum absolute atomic E-state index is 0.0266. The Morgan fingerprint density at radius 2 is 1.50 bits per heavy atom. The number of hydrogen-bond acceptors (Lipinski definition) is 1. The molecular formula is C10H13BF4O. The summed E-state index contributed by atoms with van der Waals surface area (Å²) in [6.07, 6.45) is 5.13. The third-order valence-electron chi connectivity index (χ3n) is 2.03. The predicted octanol–water partition coefficient (Wildman–Crippen LogP) is 3.60. The molecule has 0 aromatic rings. The van der Waals surface area contributed by atoms with Crippen molar-refractivity contribution in [2.75, 3.05) is 0 Å². The molecule has 1 aliphatic rings. The molecule has 16 heavy (non-hydrogen) atoms. The molecule has 0 amide bonds. The van der Waals surface area contributed by atoms with E-state index in [9.17, 15) is 22.1 Å². The Kier molecular flexibility index (Phi) is 5.34. The Morgan fingerprint density at radius 1 is 1.19 bits per heavy atom. The topological polar surface area (TPSA) is 17.1 Å². The molecule has 1 rings (SSSR count). The van der Waals surface area contributed by atoms with E-state index in [-0.39, 0.29) is 5.92 Å². The molecule has 0 saturated carbocycles. The maximum atomic E-state index is 10.6. The molecule has 0 unspecified atom stereocenters. The Balaban J connectivity index is 0.000000385. The number of allylic oxidation sites excluding steroid dienone is 4. The molecular weight excluding hydrogens is 223 g/mol. The molecule has 90 valence electrons. The monoisotopic (exact) mass is 236 g/mol. The number of carbonyl (C=O) groups is 1. The van der Waals surface area contributed by atoms with E-state index in [2.05, 4.69) is 12.2 Å². The fraction of sp³-hybridized carbons (Fsp3) is 0.400. The molecule has 0 bridgehead atoms. The maximum absolute atomic E-state index is 10.6. The summed E-state index contributed by atoms with van der Waals surface area (Å²) in [5, 5.41) is 0. The van der Waals surface area contributed by atoms with Crippen molar-refractivity contribution in [3.63, 3.8) is 0 Å². The highest BCUT2D eigenvalue weighted by molar-refractivity contribution is 6.50. The summed E-state index contributed by atoms with van der Waals surface area (Å²) in [4.78, 5) is 10.6. The summed E-state index contributed by atoms with van der Waals surface area (Å²) in [6, 6.07) is 0. The van der Waals surface area contributed by atoms with Gasteiger partial charge in [0, 0.05) is 50.0 Å². The van der Waals surface area contributed by atoms with Gasteiger partial charge in [0.2, 0.25) is 0 Å². The lowest BCUT2D eigenvalue weighted by atomic mass is 9.85. The molecule has 0 aromatic carbocycles. The summed E-state index contributed by atoms with van der Waals surface area (Å²) in [6.45, 7) is 6.05. The van der Waals surface area contributed by atoms with E-state index in [1.807, 2.05) is 20.8 Å². The second-order valence-corrected chi connectivity index (χ2v) is 3.63. The normalized spacial score (nSPS) is 17.1. The van der Waals surface area contributed by atoms with Gasteiger partial charge in [0.05, 0.1) is 0 Å². The van der Waals surface area contributed by atoms with Crippen LogP contribution in [0, 0.1) is 11.8 Å². The average molecular weight is 236 g/mol. The Hall–Kier alpha value is -1.20. The number of carbonyl (C=O) groups excluding carboxylic acids is 1. The minimum Gasteiger partial charge on any atom is -0.418 e. The van der Waals surface area contributed by atoms with Gasteiger partial charge < -0.3 is 17.3 Å². The van der Waals surface area contributed by atoms with Gasteiger partial charge in [-0.25, -0.2) is 0 Å². The second-order valence-electron chi connectivity index (χ2n) is 3.63. The van der Waals surface area contributed by atoms with Gasteiger partial charge >= 0.3 is 7.25 Å². The van der Waals surface area contributed by atoms with Crippen molar-refractivity contribution < 1.29 is 22.1 Å². The first-order valence-electron chi connectivity index (χ1n) is 4.67. The third-order valence-corrected chi connectivity index (χ3v) is 2.03. The van der Waals surface area contributed by atoms with Crippen LogP contribution < -0.4 is 0 Å². The molecule has 0 fully saturated rings. The highest BCUT2D eigenvalue weighted by atomic mass is 19.5. The van der Waals surface area contributed by atoms with E-state index >= 15 is 0 Å². The van der Waals surface area contributed by atoms with E-state index in [0.29, 0.717) is 0 Å². The smallest absolute Gasteiger partial charge is 0.418 e. The van der Waals surface area contributed by atoms with Crippen molar-refractivity contribution in [3.05, 3.63) is 29.2 Å². The lowest BCUT2D eigenvalue weighted by molar-refractivity contribution is -0.109. The zero-order valence-electron chi connectivity index (χ0n) is 9.31. The van der Waals surface area contributed by atoms with Crippen LogP contribution in [0.2, 0.25) is 0 Å². The molecule has 0 radical (unpaired) electrons. The summed E-state index contributed by atoms with van der Waals surface area (Å²) < 4.78 is 39.0. The maximum Gasteiger partial charge on any atom is 0.673 e. The van der Waals surface area contributed by atoms with Crippen molar-refractivity contribution in [1.82, 2.24) is 0 Å². The Bertz CT molecular complexity index is 280. The van der Waals surface area contributed by atoms with Crippen molar-refractivity contribution in [3.8, 4) is 0 Å². The fourth-order valence-electron chi connectivity index (χ4n) is 1.51. The van der Waals surface area contributed by atoms with Crippen molar-refractivity contribution >= 4 is 13.5 Å². The van der Waals surface area contributed by atoms with Crippen LogP contribution in [0.4, 0.5) is 17.3 Å². The van der Waals surface area contributed by atoms with Crippen molar-refractivity contribution in [2.24, 2.45) is 5.92 Å². The van der Waals surface area contributed by atoms with Gasteiger partial charge in [-0.05, 0) is 0 Å². The van der Waals surface area contributed by atoms with E-state index in [0.717, 1.165) is 17.4 Å². The largest absolute Gasteiger partial charge is 0.673 e. The fourth-order valence-corrected chi connectivity index (χ4v) is 1.51. The van der Waals surface area contributed by atoms with Crippen LogP contribution in [0.3, 0.4) is 0 Å². The third kappa shape index (κ3) is 6.32. The van der Waals surface area contributed by atoms with Crippen molar-refractivity contribution in [1.29, 1.82) is 0 Å². The first kappa shape index (κ1) is 14.8. The first-order chi connectivity index (χ1) is 7.15. The van der Waals surface area contributed by atoms with E-state index in [4.69, 9.17) is 0 Å². The molecule has 0 heterocycles. The highest BCUT2D eigenvalue weighted by Gasteiger charge is 2.25. The quantitative estimate of drug-likeness (QED) is 0.294. The summed E-state index contributed by atoms with van der Waals surface area (Å²) in [5.74, 6) is 1.26. The first-order valence-corrected chi connectivity index (χ1v) is 4.67. The molecule has 1 aliphatic carbocycles. The molecule has 0 aromatic heterocycles. The number of aldehydes is 1. The zero-order chi connectivity index (χ0) is 12.9. The van der Waals surface area contributed by atoms with Gasteiger partial charge in [0.1, 0.15) is 5.92 Å². The van der Waals surface area contributed by atoms with E-state index in [1.54, 1.807) is 0 Å². The van der Waals surface area contributed by atoms with Crippen LogP contribution in [0.5, 0.6) is 0 Å². The number of halogens is 4. The van der Waals surface area contributed by atoms with E-state index < -0.39 is 7.25 Å². The molecule has 0 N–H and O–H groups in total. The van der Waals surface area contributed by atoms with Crippen LogP contribution in [0.25, 0.3) is 0 Å².